The minimum Gasteiger partial charge on any atom is -0.345 e. The third-order valence-electron chi connectivity index (χ3n) is 3.64. The molecule has 3 rings (SSSR count). The van der Waals surface area contributed by atoms with Gasteiger partial charge in [0.15, 0.2) is 5.13 Å². The smallest absolute Gasteiger partial charge is 0.317 e. The van der Waals surface area contributed by atoms with Crippen LogP contribution in [-0.2, 0) is 6.54 Å². The van der Waals surface area contributed by atoms with Crippen molar-refractivity contribution in [1.29, 1.82) is 0 Å². The Morgan fingerprint density at radius 2 is 2.05 bits per heavy atom. The van der Waals surface area contributed by atoms with Gasteiger partial charge in [-0.2, -0.15) is 0 Å². The molecule has 7 heteroatoms. The first-order valence-corrected chi connectivity index (χ1v) is 8.02. The van der Waals surface area contributed by atoms with E-state index < -0.39 is 0 Å². The molecule has 1 fully saturated rings. The van der Waals surface area contributed by atoms with Crippen molar-refractivity contribution in [2.75, 3.05) is 31.1 Å². The van der Waals surface area contributed by atoms with E-state index in [0.29, 0.717) is 18.7 Å². The second-order valence-electron chi connectivity index (χ2n) is 5.04. The molecule has 2 amide bonds. The Bertz CT molecular complexity index is 626. The quantitative estimate of drug-likeness (QED) is 0.944. The molecule has 0 saturated carbocycles. The predicted molar refractivity (Wildman–Crippen MR) is 84.5 cm³/mol. The molecule has 0 spiro atoms. The molecule has 1 aliphatic rings. The monoisotopic (exact) mass is 320 g/mol. The number of nitrogens with one attached hydrogen (secondary N) is 1. The summed E-state index contributed by atoms with van der Waals surface area (Å²) in [6.45, 7) is 3.02. The first-order valence-electron chi connectivity index (χ1n) is 7.14. The summed E-state index contributed by atoms with van der Waals surface area (Å²) in [7, 11) is 0. The highest BCUT2D eigenvalue weighted by Gasteiger charge is 2.22. The van der Waals surface area contributed by atoms with Crippen LogP contribution in [0.3, 0.4) is 0 Å². The maximum Gasteiger partial charge on any atom is 0.317 e. The summed E-state index contributed by atoms with van der Waals surface area (Å²) in [5, 5.41) is 5.71. The zero-order chi connectivity index (χ0) is 15.4. The van der Waals surface area contributed by atoms with Crippen LogP contribution in [-0.4, -0.2) is 42.1 Å². The summed E-state index contributed by atoms with van der Waals surface area (Å²) >= 11 is 1.60. The van der Waals surface area contributed by atoms with Crippen molar-refractivity contribution in [2.45, 2.75) is 6.54 Å². The minimum atomic E-state index is -0.295. The third-order valence-corrected chi connectivity index (χ3v) is 4.48. The molecule has 5 nitrogen and oxygen atoms in total. The average molecular weight is 320 g/mol. The van der Waals surface area contributed by atoms with E-state index in [4.69, 9.17) is 0 Å². The fraction of sp³-hybridized carbons (Fsp3) is 0.333. The molecule has 1 aromatic heterocycles. The number of benzene rings is 1. The van der Waals surface area contributed by atoms with Gasteiger partial charge in [-0.3, -0.25) is 0 Å². The molecular weight excluding hydrogens is 303 g/mol. The largest absolute Gasteiger partial charge is 0.345 e. The molecule has 1 aliphatic heterocycles. The number of halogens is 1. The molecule has 116 valence electrons. The zero-order valence-electron chi connectivity index (χ0n) is 12.0. The number of thiazole rings is 1. The lowest BCUT2D eigenvalue weighted by molar-refractivity contribution is 0.194. The van der Waals surface area contributed by atoms with Crippen LogP contribution >= 0.6 is 11.3 Å². The van der Waals surface area contributed by atoms with Crippen molar-refractivity contribution in [3.8, 4) is 0 Å². The summed E-state index contributed by atoms with van der Waals surface area (Å²) in [6.07, 6.45) is 1.79. The second-order valence-corrected chi connectivity index (χ2v) is 5.91. The summed E-state index contributed by atoms with van der Waals surface area (Å²) in [4.78, 5) is 20.3. The van der Waals surface area contributed by atoms with Crippen LogP contribution in [0.4, 0.5) is 14.3 Å². The molecule has 1 N–H and O–H groups in total. The van der Waals surface area contributed by atoms with Crippen LogP contribution in [0.2, 0.25) is 0 Å². The van der Waals surface area contributed by atoms with Gasteiger partial charge in [0.05, 0.1) is 0 Å². The van der Waals surface area contributed by atoms with E-state index in [-0.39, 0.29) is 18.4 Å². The van der Waals surface area contributed by atoms with Gasteiger partial charge in [-0.15, -0.1) is 11.3 Å². The Hall–Kier alpha value is -2.15. The van der Waals surface area contributed by atoms with Crippen LogP contribution in [0.15, 0.2) is 35.8 Å². The van der Waals surface area contributed by atoms with Gasteiger partial charge in [0.2, 0.25) is 0 Å². The number of nitrogens with zero attached hydrogens (tertiary/aromatic N) is 3. The van der Waals surface area contributed by atoms with Gasteiger partial charge in [-0.1, -0.05) is 18.2 Å². The van der Waals surface area contributed by atoms with Crippen molar-refractivity contribution in [3.05, 3.63) is 47.2 Å². The summed E-state index contributed by atoms with van der Waals surface area (Å²) < 4.78 is 13.5. The number of anilines is 1. The molecule has 0 unspecified atom stereocenters. The number of piperazine rings is 1. The number of hydrogen-bond donors (Lipinski definition) is 1. The Kier molecular flexibility index (Phi) is 4.53. The Labute approximate surface area is 132 Å². The lowest BCUT2D eigenvalue weighted by Gasteiger charge is -2.34. The lowest BCUT2D eigenvalue weighted by atomic mass is 10.2. The molecule has 0 atom stereocenters. The second kappa shape index (κ2) is 6.74. The highest BCUT2D eigenvalue weighted by molar-refractivity contribution is 7.13. The van der Waals surface area contributed by atoms with Crippen molar-refractivity contribution in [3.63, 3.8) is 0 Å². The number of rotatable bonds is 3. The number of amides is 2. The number of urea groups is 1. The van der Waals surface area contributed by atoms with Crippen LogP contribution in [0.1, 0.15) is 5.56 Å². The molecular formula is C15H17FN4OS. The van der Waals surface area contributed by atoms with Gasteiger partial charge < -0.3 is 15.1 Å². The van der Waals surface area contributed by atoms with E-state index in [1.807, 2.05) is 5.38 Å². The summed E-state index contributed by atoms with van der Waals surface area (Å²) in [5.74, 6) is -0.295. The number of carbonyl (C=O) groups is 1. The van der Waals surface area contributed by atoms with E-state index in [2.05, 4.69) is 15.2 Å². The Morgan fingerprint density at radius 3 is 2.73 bits per heavy atom. The first kappa shape index (κ1) is 14.8. The van der Waals surface area contributed by atoms with Crippen molar-refractivity contribution >= 4 is 22.5 Å². The normalized spacial score (nSPS) is 15.0. The molecule has 1 aromatic carbocycles. The van der Waals surface area contributed by atoms with Crippen LogP contribution in [0.5, 0.6) is 0 Å². The molecule has 2 aromatic rings. The van der Waals surface area contributed by atoms with Crippen molar-refractivity contribution < 1.29 is 9.18 Å². The fourth-order valence-corrected chi connectivity index (χ4v) is 3.09. The highest BCUT2D eigenvalue weighted by atomic mass is 32.1. The fourth-order valence-electron chi connectivity index (χ4n) is 2.40. The third kappa shape index (κ3) is 3.36. The lowest BCUT2D eigenvalue weighted by Crippen LogP contribution is -2.51. The topological polar surface area (TPSA) is 48.5 Å². The molecule has 1 saturated heterocycles. The molecule has 2 heterocycles. The number of carbonyl (C=O) groups excluding carboxylic acids is 1. The Morgan fingerprint density at radius 1 is 1.27 bits per heavy atom. The maximum absolute atomic E-state index is 13.5. The van der Waals surface area contributed by atoms with Crippen LogP contribution in [0, 0.1) is 5.82 Å². The van der Waals surface area contributed by atoms with Crippen LogP contribution in [0.25, 0.3) is 0 Å². The average Bonchev–Trinajstić information content (AvgIpc) is 3.08. The van der Waals surface area contributed by atoms with E-state index >= 15 is 0 Å². The van der Waals surface area contributed by atoms with Crippen molar-refractivity contribution in [2.24, 2.45) is 0 Å². The molecule has 0 aliphatic carbocycles. The van der Waals surface area contributed by atoms with Gasteiger partial charge in [-0.25, -0.2) is 14.2 Å². The molecule has 22 heavy (non-hydrogen) atoms. The Balaban J connectivity index is 1.49. The summed E-state index contributed by atoms with van der Waals surface area (Å²) in [5.41, 5.74) is 0.497. The first-order chi connectivity index (χ1) is 10.7. The van der Waals surface area contributed by atoms with E-state index in [9.17, 15) is 9.18 Å². The zero-order valence-corrected chi connectivity index (χ0v) is 12.9. The predicted octanol–water partition coefficient (Wildman–Crippen LogP) is 2.31. The number of aromatic nitrogens is 1. The SMILES string of the molecule is O=C(NCc1ccccc1F)N1CCN(c2nccs2)CC1. The molecule has 0 bridgehead atoms. The van der Waals surface area contributed by atoms with E-state index in [1.54, 1.807) is 40.6 Å². The van der Waals surface area contributed by atoms with E-state index in [1.165, 1.54) is 6.07 Å². The highest BCUT2D eigenvalue weighted by Crippen LogP contribution is 2.18. The van der Waals surface area contributed by atoms with Crippen LogP contribution < -0.4 is 10.2 Å². The summed E-state index contributed by atoms with van der Waals surface area (Å²) in [6, 6.07) is 6.32. The van der Waals surface area contributed by atoms with Gasteiger partial charge in [0.25, 0.3) is 0 Å². The standard InChI is InChI=1S/C15H17FN4OS/c16-13-4-2-1-3-12(13)11-18-14(21)19-6-8-20(9-7-19)15-17-5-10-22-15/h1-5,10H,6-9,11H2,(H,18,21). The van der Waals surface area contributed by atoms with Gasteiger partial charge in [0.1, 0.15) is 5.82 Å². The van der Waals surface area contributed by atoms with E-state index in [0.717, 1.165) is 18.2 Å². The minimum absolute atomic E-state index is 0.151. The van der Waals surface area contributed by atoms with Gasteiger partial charge >= 0.3 is 6.03 Å². The number of hydrogen-bond acceptors (Lipinski definition) is 4. The molecule has 0 radical (unpaired) electrons. The van der Waals surface area contributed by atoms with Gasteiger partial charge in [-0.05, 0) is 6.07 Å². The van der Waals surface area contributed by atoms with Gasteiger partial charge in [0, 0.05) is 49.9 Å². The van der Waals surface area contributed by atoms with Crippen molar-refractivity contribution in [1.82, 2.24) is 15.2 Å². The maximum atomic E-state index is 13.5.